The summed E-state index contributed by atoms with van der Waals surface area (Å²) in [6, 6.07) is 28.1. The predicted octanol–water partition coefficient (Wildman–Crippen LogP) is 8.35. The van der Waals surface area contributed by atoms with Crippen molar-refractivity contribution in [2.24, 2.45) is 0 Å². The van der Waals surface area contributed by atoms with E-state index in [0.29, 0.717) is 22.3 Å². The van der Waals surface area contributed by atoms with E-state index in [-0.39, 0.29) is 36.1 Å². The number of non-ortho nitro benzene ring substituents is 1. The third-order valence-electron chi connectivity index (χ3n) is 10.4. The highest BCUT2D eigenvalue weighted by Crippen LogP contribution is 2.39. The van der Waals surface area contributed by atoms with E-state index in [2.05, 4.69) is 5.32 Å². The first-order chi connectivity index (χ1) is 27.6. The van der Waals surface area contributed by atoms with Gasteiger partial charge in [0, 0.05) is 29.5 Å². The summed E-state index contributed by atoms with van der Waals surface area (Å²) in [5.74, 6) is -2.69. The fourth-order valence-electron chi connectivity index (χ4n) is 7.52. The van der Waals surface area contributed by atoms with Gasteiger partial charge in [-0.2, -0.15) is 0 Å². The fraction of sp³-hybridized carbons (Fsp3) is 0.227. The number of hydrogen-bond donors (Lipinski definition) is 1. The molecule has 0 spiro atoms. The van der Waals surface area contributed by atoms with Crippen LogP contribution in [0.1, 0.15) is 66.4 Å². The van der Waals surface area contributed by atoms with Crippen LogP contribution in [0.3, 0.4) is 0 Å². The molecular weight excluding hydrogens is 733 g/mol. The standard InChI is InChI=1S/C44H39F2N5O6/c45-33-18-16-31(17-19-33)40(42(53)47-35-11-5-2-6-12-35)49(39(52)26-29-14-22-37(23-15-29)51(56)57)38-13-7-10-32(27-38)41-43(54)48(28-30-8-3-1-4-9-30)44(55)50(41)36-24-20-34(46)21-25-36/h1,3-4,7-10,13-25,27,35,40-41H,2,5-6,11-12,26,28H2,(H,47,53). The Bertz CT molecular complexity index is 2270. The maximum atomic E-state index is 14.7. The Morgan fingerprint density at radius 3 is 2.09 bits per heavy atom. The molecule has 290 valence electrons. The van der Waals surface area contributed by atoms with Crippen molar-refractivity contribution in [2.45, 2.75) is 63.2 Å². The number of carbonyl (C=O) groups is 4. The Morgan fingerprint density at radius 2 is 1.44 bits per heavy atom. The summed E-state index contributed by atoms with van der Waals surface area (Å²) in [7, 11) is 0. The molecule has 1 saturated heterocycles. The molecule has 1 aliphatic carbocycles. The number of nitro groups is 1. The summed E-state index contributed by atoms with van der Waals surface area (Å²) >= 11 is 0. The highest BCUT2D eigenvalue weighted by Gasteiger charge is 2.47. The Labute approximate surface area is 327 Å². The molecule has 1 N–H and O–H groups in total. The van der Waals surface area contributed by atoms with Gasteiger partial charge in [0.2, 0.25) is 11.8 Å². The largest absolute Gasteiger partial charge is 0.351 e. The molecule has 7 rings (SSSR count). The van der Waals surface area contributed by atoms with E-state index < -0.39 is 52.4 Å². The predicted molar refractivity (Wildman–Crippen MR) is 209 cm³/mol. The van der Waals surface area contributed by atoms with Crippen molar-refractivity contribution in [1.82, 2.24) is 10.2 Å². The lowest BCUT2D eigenvalue weighted by atomic mass is 9.94. The average molecular weight is 772 g/mol. The first-order valence-electron chi connectivity index (χ1n) is 18.7. The molecule has 2 unspecified atom stereocenters. The van der Waals surface area contributed by atoms with Crippen molar-refractivity contribution in [3.05, 3.63) is 171 Å². The molecule has 1 saturated carbocycles. The Kier molecular flexibility index (Phi) is 11.4. The van der Waals surface area contributed by atoms with Gasteiger partial charge >= 0.3 is 6.03 Å². The minimum Gasteiger partial charge on any atom is -0.351 e. The van der Waals surface area contributed by atoms with E-state index in [1.54, 1.807) is 48.5 Å². The Hall–Kier alpha value is -6.76. The van der Waals surface area contributed by atoms with Crippen molar-refractivity contribution in [3.63, 3.8) is 0 Å². The van der Waals surface area contributed by atoms with Gasteiger partial charge < -0.3 is 5.32 Å². The number of anilines is 2. The van der Waals surface area contributed by atoms with Crippen LogP contribution in [0, 0.1) is 21.7 Å². The van der Waals surface area contributed by atoms with E-state index in [9.17, 15) is 38.1 Å². The molecule has 5 aromatic rings. The van der Waals surface area contributed by atoms with Crippen LogP contribution in [0.5, 0.6) is 0 Å². The van der Waals surface area contributed by atoms with E-state index in [1.165, 1.54) is 82.6 Å². The molecule has 0 bridgehead atoms. The van der Waals surface area contributed by atoms with E-state index >= 15 is 0 Å². The lowest BCUT2D eigenvalue weighted by molar-refractivity contribution is -0.384. The van der Waals surface area contributed by atoms with Crippen LogP contribution in [0.25, 0.3) is 0 Å². The van der Waals surface area contributed by atoms with E-state index in [0.717, 1.165) is 37.0 Å². The maximum Gasteiger partial charge on any atom is 0.332 e. The lowest BCUT2D eigenvalue weighted by Gasteiger charge is -2.34. The first kappa shape index (κ1) is 38.5. The number of amides is 5. The minimum absolute atomic E-state index is 0.0276. The van der Waals surface area contributed by atoms with Crippen LogP contribution in [0.2, 0.25) is 0 Å². The molecule has 2 aliphatic rings. The van der Waals surface area contributed by atoms with Gasteiger partial charge in [-0.1, -0.05) is 86.0 Å². The molecule has 1 aliphatic heterocycles. The second-order valence-electron chi connectivity index (χ2n) is 14.2. The number of nitrogens with one attached hydrogen (secondary N) is 1. The number of nitrogens with zero attached hydrogens (tertiary/aromatic N) is 4. The van der Waals surface area contributed by atoms with Gasteiger partial charge in [0.05, 0.1) is 17.9 Å². The monoisotopic (exact) mass is 771 g/mol. The third kappa shape index (κ3) is 8.57. The second-order valence-corrected chi connectivity index (χ2v) is 14.2. The topological polar surface area (TPSA) is 133 Å². The summed E-state index contributed by atoms with van der Waals surface area (Å²) in [6.45, 7) is -0.0276. The van der Waals surface area contributed by atoms with Crippen LogP contribution in [0.15, 0.2) is 127 Å². The molecule has 5 aromatic carbocycles. The van der Waals surface area contributed by atoms with Gasteiger partial charge in [-0.15, -0.1) is 0 Å². The number of carbonyl (C=O) groups excluding carboxylic acids is 4. The van der Waals surface area contributed by atoms with Crippen molar-refractivity contribution in [1.29, 1.82) is 0 Å². The minimum atomic E-state index is -1.31. The number of rotatable bonds is 12. The lowest BCUT2D eigenvalue weighted by Crippen LogP contribution is -2.47. The van der Waals surface area contributed by atoms with Gasteiger partial charge in [-0.3, -0.25) is 39.2 Å². The van der Waals surface area contributed by atoms with Gasteiger partial charge in [-0.05, 0) is 83.6 Å². The van der Waals surface area contributed by atoms with Crippen LogP contribution in [-0.4, -0.2) is 39.6 Å². The zero-order chi connectivity index (χ0) is 40.1. The normalized spacial score (nSPS) is 16.4. The van der Waals surface area contributed by atoms with Gasteiger partial charge in [0.1, 0.15) is 23.7 Å². The smallest absolute Gasteiger partial charge is 0.332 e. The van der Waals surface area contributed by atoms with E-state index in [1.807, 2.05) is 6.07 Å². The highest BCUT2D eigenvalue weighted by atomic mass is 19.1. The number of imide groups is 1. The summed E-state index contributed by atoms with van der Waals surface area (Å²) in [6.07, 6.45) is 4.13. The zero-order valence-electron chi connectivity index (χ0n) is 30.8. The van der Waals surface area contributed by atoms with E-state index in [4.69, 9.17) is 0 Å². The molecule has 2 fully saturated rings. The molecule has 57 heavy (non-hydrogen) atoms. The van der Waals surface area contributed by atoms with Gasteiger partial charge in [0.25, 0.3) is 11.6 Å². The number of hydrogen-bond acceptors (Lipinski definition) is 6. The van der Waals surface area contributed by atoms with Crippen LogP contribution in [0.4, 0.5) is 30.6 Å². The molecule has 0 radical (unpaired) electrons. The number of halogens is 2. The second kappa shape index (κ2) is 16.9. The van der Waals surface area contributed by atoms with Crippen molar-refractivity contribution >= 4 is 40.8 Å². The SMILES string of the molecule is O=C(NC1CCCCC1)C(c1ccc(F)cc1)N(C(=O)Cc1ccc([N+](=O)[O-])cc1)c1cccc(C2C(=O)N(Cc3ccccc3)C(=O)N2c2ccc(F)cc2)c1. The highest BCUT2D eigenvalue weighted by molar-refractivity contribution is 6.14. The van der Waals surface area contributed by atoms with Crippen LogP contribution in [-0.2, 0) is 27.3 Å². The van der Waals surface area contributed by atoms with Gasteiger partial charge in [0.15, 0.2) is 0 Å². The summed E-state index contributed by atoms with van der Waals surface area (Å²) in [5, 5.41) is 14.5. The summed E-state index contributed by atoms with van der Waals surface area (Å²) in [5.41, 5.74) is 2.09. The number of benzene rings is 5. The molecular formula is C44H39F2N5O6. The van der Waals surface area contributed by atoms with Crippen LogP contribution < -0.4 is 15.1 Å². The third-order valence-corrected chi connectivity index (χ3v) is 10.4. The number of urea groups is 1. The summed E-state index contributed by atoms with van der Waals surface area (Å²) < 4.78 is 28.4. The quantitative estimate of drug-likeness (QED) is 0.0771. The molecule has 13 heteroatoms. The molecule has 0 aromatic heterocycles. The first-order valence-corrected chi connectivity index (χ1v) is 18.7. The van der Waals surface area contributed by atoms with Gasteiger partial charge in [-0.25, -0.2) is 13.6 Å². The Balaban J connectivity index is 1.33. The van der Waals surface area contributed by atoms with Crippen LogP contribution >= 0.6 is 0 Å². The molecule has 11 nitrogen and oxygen atoms in total. The molecule has 2 atom stereocenters. The Morgan fingerprint density at radius 1 is 0.789 bits per heavy atom. The van der Waals surface area contributed by atoms with Crippen molar-refractivity contribution in [3.8, 4) is 0 Å². The summed E-state index contributed by atoms with van der Waals surface area (Å²) in [4.78, 5) is 72.2. The fourth-order valence-corrected chi connectivity index (χ4v) is 7.52. The van der Waals surface area contributed by atoms with Crippen molar-refractivity contribution in [2.75, 3.05) is 9.80 Å². The number of nitro benzene ring substituents is 1. The zero-order valence-corrected chi connectivity index (χ0v) is 30.8. The maximum absolute atomic E-state index is 14.7. The average Bonchev–Trinajstić information content (AvgIpc) is 3.46. The van der Waals surface area contributed by atoms with Crippen molar-refractivity contribution < 1.29 is 32.9 Å². The molecule has 5 amide bonds. The molecule has 1 heterocycles.